The van der Waals surface area contributed by atoms with Crippen LogP contribution in [-0.2, 0) is 21.2 Å². The maximum atomic E-state index is 12.9. The van der Waals surface area contributed by atoms with Crippen LogP contribution in [-0.4, -0.2) is 64.6 Å². The summed E-state index contributed by atoms with van der Waals surface area (Å²) in [5, 5.41) is 12.1. The molecule has 0 spiro atoms. The van der Waals surface area contributed by atoms with Crippen molar-refractivity contribution in [2.45, 2.75) is 43.7 Å². The maximum Gasteiger partial charge on any atom is 0.243 e. The van der Waals surface area contributed by atoms with Crippen molar-refractivity contribution < 1.29 is 18.0 Å². The van der Waals surface area contributed by atoms with Crippen LogP contribution in [0.1, 0.15) is 43.4 Å². The van der Waals surface area contributed by atoms with Gasteiger partial charge in [0.25, 0.3) is 0 Å². The van der Waals surface area contributed by atoms with Crippen molar-refractivity contribution >= 4 is 56.1 Å². The van der Waals surface area contributed by atoms with Crippen LogP contribution in [0.2, 0.25) is 0 Å². The number of halogens is 1. The SMILES string of the molecule is CCN(CC)S(=O)(=O)c1ccc(C(=O)CSc2nnc(CCCNC(C)=O)n2-c2ccc(I)cc2)cc1. The molecule has 198 valence electrons. The first-order chi connectivity index (χ1) is 17.7. The van der Waals surface area contributed by atoms with E-state index < -0.39 is 10.0 Å². The van der Waals surface area contributed by atoms with Gasteiger partial charge in [-0.05, 0) is 65.4 Å². The Morgan fingerprint density at radius 2 is 1.68 bits per heavy atom. The van der Waals surface area contributed by atoms with Crippen LogP contribution in [0.25, 0.3) is 5.69 Å². The first-order valence-electron chi connectivity index (χ1n) is 11.9. The van der Waals surface area contributed by atoms with E-state index in [0.717, 1.165) is 15.1 Å². The summed E-state index contributed by atoms with van der Waals surface area (Å²) >= 11 is 3.52. The van der Waals surface area contributed by atoms with Gasteiger partial charge in [0.05, 0.1) is 10.6 Å². The Balaban J connectivity index is 1.75. The molecular weight excluding hydrogens is 625 g/mol. The fourth-order valence-corrected chi connectivity index (χ4v) is 6.34. The highest BCUT2D eigenvalue weighted by Gasteiger charge is 2.22. The summed E-state index contributed by atoms with van der Waals surface area (Å²) in [5.41, 5.74) is 1.32. The topological polar surface area (TPSA) is 114 Å². The minimum Gasteiger partial charge on any atom is -0.356 e. The minimum atomic E-state index is -3.58. The predicted molar refractivity (Wildman–Crippen MR) is 153 cm³/mol. The zero-order chi connectivity index (χ0) is 27.0. The molecule has 0 bridgehead atoms. The molecule has 3 aromatic rings. The fourth-order valence-electron chi connectivity index (χ4n) is 3.65. The van der Waals surface area contributed by atoms with Gasteiger partial charge in [0, 0.05) is 47.8 Å². The Morgan fingerprint density at radius 1 is 1.03 bits per heavy atom. The lowest BCUT2D eigenvalue weighted by Gasteiger charge is -2.18. The van der Waals surface area contributed by atoms with Gasteiger partial charge in [-0.25, -0.2) is 8.42 Å². The Kier molecular flexibility index (Phi) is 10.7. The molecule has 1 N–H and O–H groups in total. The number of Topliss-reactive ketones (excluding diaryl/α,β-unsaturated/α-hetero) is 1. The normalized spacial score (nSPS) is 11.6. The van der Waals surface area contributed by atoms with Gasteiger partial charge >= 0.3 is 0 Å². The van der Waals surface area contributed by atoms with Crippen LogP contribution < -0.4 is 5.32 Å². The summed E-state index contributed by atoms with van der Waals surface area (Å²) in [6.07, 6.45) is 1.31. The van der Waals surface area contributed by atoms with Crippen LogP contribution in [0.3, 0.4) is 0 Å². The number of ketones is 1. The largest absolute Gasteiger partial charge is 0.356 e. The quantitative estimate of drug-likeness (QED) is 0.128. The number of thioether (sulfide) groups is 1. The number of hydrogen-bond acceptors (Lipinski definition) is 7. The van der Waals surface area contributed by atoms with E-state index in [2.05, 4.69) is 38.1 Å². The molecular formula is C25H30IN5O4S2. The van der Waals surface area contributed by atoms with Crippen LogP contribution in [0.4, 0.5) is 0 Å². The molecule has 1 aromatic heterocycles. The number of aryl methyl sites for hydroxylation is 1. The van der Waals surface area contributed by atoms with Crippen LogP contribution >= 0.6 is 34.4 Å². The van der Waals surface area contributed by atoms with Crippen molar-refractivity contribution in [2.24, 2.45) is 0 Å². The summed E-state index contributed by atoms with van der Waals surface area (Å²) in [7, 11) is -3.58. The molecule has 0 unspecified atom stereocenters. The Bertz CT molecular complexity index is 1320. The second-order valence-electron chi connectivity index (χ2n) is 8.12. The Morgan fingerprint density at radius 3 is 2.27 bits per heavy atom. The maximum absolute atomic E-state index is 12.9. The van der Waals surface area contributed by atoms with Crippen molar-refractivity contribution in [1.82, 2.24) is 24.4 Å². The minimum absolute atomic E-state index is 0.0763. The number of rotatable bonds is 13. The van der Waals surface area contributed by atoms with Gasteiger partial charge in [0.15, 0.2) is 10.9 Å². The molecule has 1 amide bonds. The molecule has 12 heteroatoms. The summed E-state index contributed by atoms with van der Waals surface area (Å²) in [5.74, 6) is 0.650. The standard InChI is InChI=1S/C25H30IN5O4S2/c1-4-30(5-2)37(34,35)22-14-8-19(9-15-22)23(33)17-36-25-29-28-24(7-6-16-27-18(3)32)31(25)21-12-10-20(26)11-13-21/h8-15H,4-7,16-17H2,1-3H3,(H,27,32). The van der Waals surface area contributed by atoms with Crippen LogP contribution in [0.5, 0.6) is 0 Å². The monoisotopic (exact) mass is 655 g/mol. The second kappa shape index (κ2) is 13.5. The van der Waals surface area contributed by atoms with E-state index in [1.54, 1.807) is 26.0 Å². The Hall–Kier alpha value is -2.29. The molecule has 0 aliphatic heterocycles. The van der Waals surface area contributed by atoms with Gasteiger partial charge < -0.3 is 5.32 Å². The molecule has 0 aliphatic carbocycles. The highest BCUT2D eigenvalue weighted by Crippen LogP contribution is 2.25. The van der Waals surface area contributed by atoms with Gasteiger partial charge in [-0.3, -0.25) is 14.2 Å². The van der Waals surface area contributed by atoms with Crippen LogP contribution in [0, 0.1) is 3.57 Å². The molecule has 9 nitrogen and oxygen atoms in total. The summed E-state index contributed by atoms with van der Waals surface area (Å²) < 4.78 is 29.8. The number of carbonyl (C=O) groups is 2. The number of amides is 1. The smallest absolute Gasteiger partial charge is 0.243 e. The van der Waals surface area contributed by atoms with Gasteiger partial charge in [0.1, 0.15) is 5.82 Å². The van der Waals surface area contributed by atoms with Crippen molar-refractivity contribution in [2.75, 3.05) is 25.4 Å². The molecule has 1 heterocycles. The number of benzene rings is 2. The third-order valence-corrected chi connectivity index (χ3v) is 9.30. The van der Waals surface area contributed by atoms with E-state index in [4.69, 9.17) is 0 Å². The number of nitrogens with one attached hydrogen (secondary N) is 1. The third-order valence-electron chi connectivity index (χ3n) is 5.59. The zero-order valence-electron chi connectivity index (χ0n) is 21.0. The lowest BCUT2D eigenvalue weighted by atomic mass is 10.1. The fraction of sp³-hybridized carbons (Fsp3) is 0.360. The molecule has 3 rings (SSSR count). The summed E-state index contributed by atoms with van der Waals surface area (Å²) in [6.45, 7) is 6.37. The van der Waals surface area contributed by atoms with Gasteiger partial charge in [-0.2, -0.15) is 4.31 Å². The van der Waals surface area contributed by atoms with Crippen molar-refractivity contribution in [1.29, 1.82) is 0 Å². The van der Waals surface area contributed by atoms with E-state index in [-0.39, 0.29) is 22.3 Å². The lowest BCUT2D eigenvalue weighted by Crippen LogP contribution is -2.30. The zero-order valence-corrected chi connectivity index (χ0v) is 24.8. The molecule has 37 heavy (non-hydrogen) atoms. The molecule has 0 fully saturated rings. The van der Waals surface area contributed by atoms with Gasteiger partial charge in [-0.1, -0.05) is 37.7 Å². The van der Waals surface area contributed by atoms with E-state index >= 15 is 0 Å². The number of hydrogen-bond donors (Lipinski definition) is 1. The Labute approximate surface area is 235 Å². The highest BCUT2D eigenvalue weighted by atomic mass is 127. The molecule has 0 radical (unpaired) electrons. The second-order valence-corrected chi connectivity index (χ2v) is 12.2. The number of aromatic nitrogens is 3. The first-order valence-corrected chi connectivity index (χ1v) is 15.4. The molecule has 0 atom stereocenters. The number of nitrogens with zero attached hydrogens (tertiary/aromatic N) is 4. The van der Waals surface area contributed by atoms with Crippen molar-refractivity contribution in [3.8, 4) is 5.69 Å². The third kappa shape index (κ3) is 7.62. The van der Waals surface area contributed by atoms with Crippen molar-refractivity contribution in [3.05, 3.63) is 63.5 Å². The highest BCUT2D eigenvalue weighted by molar-refractivity contribution is 14.1. The van der Waals surface area contributed by atoms with Crippen molar-refractivity contribution in [3.63, 3.8) is 0 Å². The number of sulfonamides is 1. The molecule has 2 aromatic carbocycles. The summed E-state index contributed by atoms with van der Waals surface area (Å²) in [4.78, 5) is 24.2. The number of carbonyl (C=O) groups excluding carboxylic acids is 2. The van der Waals surface area contributed by atoms with Gasteiger partial charge in [0.2, 0.25) is 15.9 Å². The average molecular weight is 656 g/mol. The van der Waals surface area contributed by atoms with E-state index in [1.165, 1.54) is 35.1 Å². The lowest BCUT2D eigenvalue weighted by molar-refractivity contribution is -0.118. The van der Waals surface area contributed by atoms with E-state index in [9.17, 15) is 18.0 Å². The van der Waals surface area contributed by atoms with Gasteiger partial charge in [-0.15, -0.1) is 10.2 Å². The first kappa shape index (κ1) is 29.3. The molecule has 0 aliphatic rings. The average Bonchev–Trinajstić information content (AvgIpc) is 3.28. The molecule has 0 saturated heterocycles. The summed E-state index contributed by atoms with van der Waals surface area (Å²) in [6, 6.07) is 14.0. The molecule has 0 saturated carbocycles. The van der Waals surface area contributed by atoms with E-state index in [0.29, 0.717) is 43.2 Å². The van der Waals surface area contributed by atoms with Crippen LogP contribution in [0.15, 0.2) is 58.6 Å². The van der Waals surface area contributed by atoms with E-state index in [1.807, 2.05) is 28.8 Å². The predicted octanol–water partition coefficient (Wildman–Crippen LogP) is 3.95.